The number of nitro benzene ring substituents is 1. The molecule has 1 saturated heterocycles. The molecule has 1 aromatic carbocycles. The number of benzene rings is 1. The molecule has 1 unspecified atom stereocenters. The second-order valence-electron chi connectivity index (χ2n) is 6.00. The van der Waals surface area contributed by atoms with Crippen LogP contribution in [-0.2, 0) is 0 Å². The number of hydrogen-bond donors (Lipinski definition) is 2. The molecule has 2 rings (SSSR count). The average Bonchev–Trinajstić information content (AvgIpc) is 2.45. The maximum Gasteiger partial charge on any atom is 0.285 e. The van der Waals surface area contributed by atoms with E-state index in [2.05, 4.69) is 17.6 Å². The molecule has 1 aliphatic rings. The molecule has 1 aromatic rings. The van der Waals surface area contributed by atoms with Crippen LogP contribution in [0.1, 0.15) is 35.7 Å². The predicted octanol–water partition coefficient (Wildman–Crippen LogP) is 2.02. The molecule has 0 bridgehead atoms. The van der Waals surface area contributed by atoms with Gasteiger partial charge in [-0.3, -0.25) is 14.9 Å². The first kappa shape index (κ1) is 15.4. The maximum atomic E-state index is 12.3. The number of hydrogen-bond acceptors (Lipinski definition) is 4. The molecule has 0 spiro atoms. The van der Waals surface area contributed by atoms with Crippen LogP contribution in [0.25, 0.3) is 0 Å². The molecule has 1 atom stereocenters. The van der Waals surface area contributed by atoms with Gasteiger partial charge in [-0.25, -0.2) is 0 Å². The highest BCUT2D eigenvalue weighted by Gasteiger charge is 2.29. The van der Waals surface area contributed by atoms with Crippen molar-refractivity contribution in [3.05, 3.63) is 39.4 Å². The lowest BCUT2D eigenvalue weighted by atomic mass is 9.83. The Labute approximate surface area is 124 Å². The molecule has 2 N–H and O–H groups in total. The van der Waals surface area contributed by atoms with Crippen molar-refractivity contribution in [2.75, 3.05) is 19.6 Å². The molecule has 6 nitrogen and oxygen atoms in total. The summed E-state index contributed by atoms with van der Waals surface area (Å²) in [4.78, 5) is 22.9. The monoisotopic (exact) mass is 291 g/mol. The molecule has 0 radical (unpaired) electrons. The van der Waals surface area contributed by atoms with Gasteiger partial charge in [0.1, 0.15) is 5.56 Å². The lowest BCUT2D eigenvalue weighted by Gasteiger charge is -2.34. The quantitative estimate of drug-likeness (QED) is 0.656. The van der Waals surface area contributed by atoms with Crippen LogP contribution in [0.5, 0.6) is 0 Å². The third-order valence-corrected chi connectivity index (χ3v) is 4.03. The van der Waals surface area contributed by atoms with Gasteiger partial charge in [0.2, 0.25) is 0 Å². The second kappa shape index (κ2) is 6.22. The molecule has 1 fully saturated rings. The van der Waals surface area contributed by atoms with E-state index in [9.17, 15) is 14.9 Å². The number of nitrogens with zero attached hydrogens (tertiary/aromatic N) is 1. The van der Waals surface area contributed by atoms with Gasteiger partial charge in [-0.1, -0.05) is 19.1 Å². The summed E-state index contributed by atoms with van der Waals surface area (Å²) in [6.07, 6.45) is 2.12. The minimum Gasteiger partial charge on any atom is -0.351 e. The van der Waals surface area contributed by atoms with Crippen LogP contribution in [0, 0.1) is 22.5 Å². The predicted molar refractivity (Wildman–Crippen MR) is 80.4 cm³/mol. The fourth-order valence-electron chi connectivity index (χ4n) is 2.74. The summed E-state index contributed by atoms with van der Waals surface area (Å²) >= 11 is 0. The van der Waals surface area contributed by atoms with Gasteiger partial charge in [0.05, 0.1) is 4.92 Å². The van der Waals surface area contributed by atoms with Crippen molar-refractivity contribution in [2.45, 2.75) is 26.7 Å². The topological polar surface area (TPSA) is 84.3 Å². The minimum atomic E-state index is -0.492. The number of amides is 1. The molecule has 0 aromatic heterocycles. The van der Waals surface area contributed by atoms with Crippen molar-refractivity contribution < 1.29 is 9.72 Å². The summed E-state index contributed by atoms with van der Waals surface area (Å²) in [5.74, 6) is -0.378. The van der Waals surface area contributed by atoms with Crippen molar-refractivity contribution in [3.8, 4) is 0 Å². The first-order valence-electron chi connectivity index (χ1n) is 7.16. The number of aryl methyl sites for hydroxylation is 1. The van der Waals surface area contributed by atoms with E-state index in [1.807, 2.05) is 0 Å². The van der Waals surface area contributed by atoms with E-state index >= 15 is 0 Å². The lowest BCUT2D eigenvalue weighted by molar-refractivity contribution is -0.385. The number of nitro groups is 1. The van der Waals surface area contributed by atoms with E-state index in [0.29, 0.717) is 12.1 Å². The Bertz CT molecular complexity index is 551. The number of carbonyl (C=O) groups excluding carboxylic acids is 1. The zero-order valence-electron chi connectivity index (χ0n) is 12.4. The molecule has 1 heterocycles. The third kappa shape index (κ3) is 3.58. The van der Waals surface area contributed by atoms with Gasteiger partial charge < -0.3 is 10.6 Å². The fraction of sp³-hybridized carbons (Fsp3) is 0.533. The Hall–Kier alpha value is -1.95. The fourth-order valence-corrected chi connectivity index (χ4v) is 2.74. The van der Waals surface area contributed by atoms with Crippen LogP contribution in [-0.4, -0.2) is 30.5 Å². The van der Waals surface area contributed by atoms with E-state index in [1.54, 1.807) is 19.1 Å². The second-order valence-corrected chi connectivity index (χ2v) is 6.00. The molecule has 21 heavy (non-hydrogen) atoms. The standard InChI is InChI=1S/C15H21N3O3/c1-11-5-3-6-12(13(11)18(20)21)14(19)17-10-15(2)7-4-8-16-9-15/h3,5-6,16H,4,7-10H2,1-2H3,(H,17,19). The highest BCUT2D eigenvalue weighted by atomic mass is 16.6. The molecular weight excluding hydrogens is 270 g/mol. The van der Waals surface area contributed by atoms with Crippen molar-refractivity contribution in [1.29, 1.82) is 0 Å². The van der Waals surface area contributed by atoms with Gasteiger partial charge in [0, 0.05) is 18.7 Å². The summed E-state index contributed by atoms with van der Waals surface area (Å²) in [7, 11) is 0. The van der Waals surface area contributed by atoms with Gasteiger partial charge in [-0.05, 0) is 37.8 Å². The van der Waals surface area contributed by atoms with Crippen molar-refractivity contribution in [3.63, 3.8) is 0 Å². The molecular formula is C15H21N3O3. The largest absolute Gasteiger partial charge is 0.351 e. The van der Waals surface area contributed by atoms with E-state index < -0.39 is 4.92 Å². The molecule has 0 aliphatic carbocycles. The van der Waals surface area contributed by atoms with Crippen LogP contribution in [0.4, 0.5) is 5.69 Å². The van der Waals surface area contributed by atoms with E-state index in [4.69, 9.17) is 0 Å². The van der Waals surface area contributed by atoms with E-state index in [0.717, 1.165) is 25.9 Å². The summed E-state index contributed by atoms with van der Waals surface area (Å²) in [6, 6.07) is 4.81. The third-order valence-electron chi connectivity index (χ3n) is 4.03. The van der Waals surface area contributed by atoms with E-state index in [1.165, 1.54) is 6.07 Å². The zero-order valence-corrected chi connectivity index (χ0v) is 12.4. The summed E-state index contributed by atoms with van der Waals surface area (Å²) < 4.78 is 0. The Morgan fingerprint density at radius 2 is 2.29 bits per heavy atom. The Kier molecular flexibility index (Phi) is 4.57. The van der Waals surface area contributed by atoms with Crippen LogP contribution >= 0.6 is 0 Å². The average molecular weight is 291 g/mol. The summed E-state index contributed by atoms with van der Waals surface area (Å²) in [5, 5.41) is 17.3. The van der Waals surface area contributed by atoms with Crippen LogP contribution in [0.3, 0.4) is 0 Å². The molecule has 6 heteroatoms. The van der Waals surface area contributed by atoms with Crippen molar-refractivity contribution >= 4 is 11.6 Å². The summed E-state index contributed by atoms with van der Waals surface area (Å²) in [6.45, 7) is 6.13. The molecule has 1 aliphatic heterocycles. The first-order chi connectivity index (χ1) is 9.93. The Morgan fingerprint density at radius 1 is 1.52 bits per heavy atom. The summed E-state index contributed by atoms with van der Waals surface area (Å²) in [5.41, 5.74) is 0.527. The van der Waals surface area contributed by atoms with Gasteiger partial charge in [-0.2, -0.15) is 0 Å². The molecule has 1 amide bonds. The maximum absolute atomic E-state index is 12.3. The first-order valence-corrected chi connectivity index (χ1v) is 7.16. The Balaban J connectivity index is 2.10. The normalized spacial score (nSPS) is 21.8. The van der Waals surface area contributed by atoms with Crippen molar-refractivity contribution in [2.24, 2.45) is 5.41 Å². The van der Waals surface area contributed by atoms with Gasteiger partial charge in [0.15, 0.2) is 0 Å². The number of rotatable bonds is 4. The number of carbonyl (C=O) groups is 1. The SMILES string of the molecule is Cc1cccc(C(=O)NCC2(C)CCCNC2)c1[N+](=O)[O-]. The minimum absolute atomic E-state index is 0.00646. The highest BCUT2D eigenvalue weighted by molar-refractivity contribution is 5.98. The number of nitrogens with one attached hydrogen (secondary N) is 2. The highest BCUT2D eigenvalue weighted by Crippen LogP contribution is 2.26. The smallest absolute Gasteiger partial charge is 0.285 e. The number of piperidine rings is 1. The number of para-hydroxylation sites is 1. The van der Waals surface area contributed by atoms with E-state index in [-0.39, 0.29) is 22.6 Å². The van der Waals surface area contributed by atoms with Gasteiger partial charge >= 0.3 is 0 Å². The van der Waals surface area contributed by atoms with Crippen LogP contribution in [0.15, 0.2) is 18.2 Å². The van der Waals surface area contributed by atoms with Gasteiger partial charge in [-0.15, -0.1) is 0 Å². The van der Waals surface area contributed by atoms with Crippen LogP contribution in [0.2, 0.25) is 0 Å². The molecule has 0 saturated carbocycles. The van der Waals surface area contributed by atoms with Crippen molar-refractivity contribution in [1.82, 2.24) is 10.6 Å². The van der Waals surface area contributed by atoms with Gasteiger partial charge in [0.25, 0.3) is 11.6 Å². The van der Waals surface area contributed by atoms with Crippen LogP contribution < -0.4 is 10.6 Å². The Morgan fingerprint density at radius 3 is 2.90 bits per heavy atom. The lowest BCUT2D eigenvalue weighted by Crippen LogP contribution is -2.45. The zero-order chi connectivity index (χ0) is 15.5. The molecule has 114 valence electrons.